The molecule has 0 saturated carbocycles. The Morgan fingerprint density at radius 2 is 2.00 bits per heavy atom. The predicted molar refractivity (Wildman–Crippen MR) is 75.1 cm³/mol. The number of nitrogens with one attached hydrogen (secondary N) is 1. The van der Waals surface area contributed by atoms with E-state index in [0.29, 0.717) is 0 Å². The third kappa shape index (κ3) is 2.75. The lowest BCUT2D eigenvalue weighted by atomic mass is 10.3. The summed E-state index contributed by atoms with van der Waals surface area (Å²) in [6.07, 6.45) is 0. The zero-order chi connectivity index (χ0) is 14.8. The number of methoxy groups -OCH3 is 1. The largest absolute Gasteiger partial charge is 0.495 e. The fourth-order valence-corrected chi connectivity index (χ4v) is 3.59. The first-order valence-corrected chi connectivity index (χ1v) is 7.78. The molecule has 0 aliphatic carbocycles. The molecule has 1 aromatic carbocycles. The number of anilines is 1. The number of thiophene rings is 1. The quantitative estimate of drug-likeness (QED) is 0.883. The van der Waals surface area contributed by atoms with E-state index in [1.165, 1.54) is 30.7 Å². The average molecular weight is 313 g/mol. The molecule has 0 bridgehead atoms. The monoisotopic (exact) mass is 313 g/mol. The lowest BCUT2D eigenvalue weighted by Crippen LogP contribution is -2.15. The van der Waals surface area contributed by atoms with Gasteiger partial charge in [0, 0.05) is 0 Å². The fraction of sp³-hybridized carbons (Fsp3) is 0.0833. The first-order valence-electron chi connectivity index (χ1n) is 5.42. The van der Waals surface area contributed by atoms with Crippen molar-refractivity contribution in [2.75, 3.05) is 11.8 Å². The van der Waals surface area contributed by atoms with E-state index in [-0.39, 0.29) is 21.2 Å². The second-order valence-corrected chi connectivity index (χ2v) is 6.29. The summed E-state index contributed by atoms with van der Waals surface area (Å²) < 4.78 is 31.8. The molecule has 0 spiro atoms. The maximum atomic E-state index is 12.3. The Hall–Kier alpha value is -2.06. The summed E-state index contributed by atoms with van der Waals surface area (Å²) in [5.74, 6) is -0.996. The van der Waals surface area contributed by atoms with Gasteiger partial charge in [0.1, 0.15) is 15.5 Å². The molecular weight excluding hydrogens is 302 g/mol. The predicted octanol–water partition coefficient (Wildman–Crippen LogP) is 2.26. The first-order chi connectivity index (χ1) is 9.45. The van der Waals surface area contributed by atoms with Crippen LogP contribution in [0.15, 0.2) is 40.6 Å². The second kappa shape index (κ2) is 5.51. The van der Waals surface area contributed by atoms with Gasteiger partial charge in [0.2, 0.25) is 0 Å². The molecular formula is C12H11NO5S2. The number of hydrogen-bond acceptors (Lipinski definition) is 5. The molecule has 1 aromatic heterocycles. The van der Waals surface area contributed by atoms with Gasteiger partial charge in [-0.05, 0) is 23.6 Å². The van der Waals surface area contributed by atoms with Crippen molar-refractivity contribution < 1.29 is 23.1 Å². The van der Waals surface area contributed by atoms with E-state index in [0.717, 1.165) is 11.3 Å². The van der Waals surface area contributed by atoms with Crippen LogP contribution >= 0.6 is 11.3 Å². The number of ether oxygens (including phenoxy) is 1. The zero-order valence-corrected chi connectivity index (χ0v) is 12.0. The van der Waals surface area contributed by atoms with E-state index in [1.807, 2.05) is 0 Å². The number of aromatic carboxylic acids is 1. The molecule has 0 aliphatic heterocycles. The smallest absolute Gasteiger partial charge is 0.348 e. The summed E-state index contributed by atoms with van der Waals surface area (Å²) in [4.78, 5) is 10.9. The minimum atomic E-state index is -3.91. The number of carboxylic acids is 1. The van der Waals surface area contributed by atoms with Gasteiger partial charge in [-0.3, -0.25) is 4.72 Å². The maximum absolute atomic E-state index is 12.3. The number of rotatable bonds is 5. The molecule has 0 radical (unpaired) electrons. The van der Waals surface area contributed by atoms with Gasteiger partial charge in [-0.1, -0.05) is 12.1 Å². The third-order valence-electron chi connectivity index (χ3n) is 2.46. The number of para-hydroxylation sites is 1. The molecule has 2 N–H and O–H groups in total. The average Bonchev–Trinajstić information content (AvgIpc) is 2.86. The summed E-state index contributed by atoms with van der Waals surface area (Å²) in [7, 11) is -2.55. The Balaban J connectivity index is 2.41. The highest BCUT2D eigenvalue weighted by molar-refractivity contribution is 7.92. The van der Waals surface area contributed by atoms with E-state index in [4.69, 9.17) is 9.84 Å². The molecule has 0 aliphatic rings. The minimum Gasteiger partial charge on any atom is -0.495 e. The lowest BCUT2D eigenvalue weighted by molar-refractivity contribution is 0.0703. The third-order valence-corrected chi connectivity index (χ3v) is 4.77. The topological polar surface area (TPSA) is 92.7 Å². The molecule has 8 heteroatoms. The Morgan fingerprint density at radius 3 is 2.65 bits per heavy atom. The highest BCUT2D eigenvalue weighted by Gasteiger charge is 2.22. The highest BCUT2D eigenvalue weighted by Crippen LogP contribution is 2.28. The standard InChI is InChI=1S/C12H11NO5S2/c1-18-9-4-2-3-5-10(9)20(16,17)13-8-6-7-19-11(8)12(14)15/h2-7,13H,1H3,(H,14,15). The normalized spacial score (nSPS) is 11.1. The Morgan fingerprint density at radius 1 is 1.30 bits per heavy atom. The van der Waals surface area contributed by atoms with Crippen molar-refractivity contribution in [1.29, 1.82) is 0 Å². The summed E-state index contributed by atoms with van der Waals surface area (Å²) in [5.41, 5.74) is 0.0356. The molecule has 1 heterocycles. The van der Waals surface area contributed by atoms with E-state index in [2.05, 4.69) is 4.72 Å². The molecule has 20 heavy (non-hydrogen) atoms. The van der Waals surface area contributed by atoms with Gasteiger partial charge < -0.3 is 9.84 Å². The molecule has 2 aromatic rings. The van der Waals surface area contributed by atoms with Crippen LogP contribution in [0.1, 0.15) is 9.67 Å². The van der Waals surface area contributed by atoms with E-state index in [1.54, 1.807) is 12.1 Å². The van der Waals surface area contributed by atoms with Gasteiger partial charge in [-0.2, -0.15) is 0 Å². The van der Waals surface area contributed by atoms with Gasteiger partial charge in [-0.25, -0.2) is 13.2 Å². The second-order valence-electron chi connectivity index (χ2n) is 3.72. The van der Waals surface area contributed by atoms with Crippen LogP contribution in [0, 0.1) is 0 Å². The molecule has 106 valence electrons. The van der Waals surface area contributed by atoms with Crippen LogP contribution in [0.2, 0.25) is 0 Å². The maximum Gasteiger partial charge on any atom is 0.348 e. The Kier molecular flexibility index (Phi) is 3.96. The number of benzene rings is 1. The van der Waals surface area contributed by atoms with Crippen LogP contribution in [-0.2, 0) is 10.0 Å². The molecule has 0 atom stereocenters. The number of carbonyl (C=O) groups is 1. The van der Waals surface area contributed by atoms with Crippen molar-refractivity contribution in [3.05, 3.63) is 40.6 Å². The van der Waals surface area contributed by atoms with E-state index in [9.17, 15) is 13.2 Å². The number of sulfonamides is 1. The van der Waals surface area contributed by atoms with Gasteiger partial charge >= 0.3 is 5.97 Å². The van der Waals surface area contributed by atoms with Crippen molar-refractivity contribution in [1.82, 2.24) is 0 Å². The van der Waals surface area contributed by atoms with Crippen LogP contribution in [0.3, 0.4) is 0 Å². The zero-order valence-electron chi connectivity index (χ0n) is 10.4. The molecule has 0 saturated heterocycles. The summed E-state index contributed by atoms with van der Waals surface area (Å²) in [6, 6.07) is 7.50. The van der Waals surface area contributed by atoms with Crippen LogP contribution < -0.4 is 9.46 Å². The molecule has 2 rings (SSSR count). The summed E-state index contributed by atoms with van der Waals surface area (Å²) in [5, 5.41) is 10.5. The summed E-state index contributed by atoms with van der Waals surface area (Å²) in [6.45, 7) is 0. The summed E-state index contributed by atoms with van der Waals surface area (Å²) >= 11 is 0.946. The van der Waals surface area contributed by atoms with Crippen molar-refractivity contribution in [3.8, 4) is 5.75 Å². The number of carboxylic acid groups (broad SMARTS) is 1. The SMILES string of the molecule is COc1ccccc1S(=O)(=O)Nc1ccsc1C(=O)O. The van der Waals surface area contributed by atoms with E-state index >= 15 is 0 Å². The van der Waals surface area contributed by atoms with Crippen LogP contribution in [0.4, 0.5) is 5.69 Å². The molecule has 0 fully saturated rings. The highest BCUT2D eigenvalue weighted by atomic mass is 32.2. The molecule has 0 amide bonds. The van der Waals surface area contributed by atoms with Crippen molar-refractivity contribution in [3.63, 3.8) is 0 Å². The van der Waals surface area contributed by atoms with Crippen LogP contribution in [0.5, 0.6) is 5.75 Å². The van der Waals surface area contributed by atoms with Crippen LogP contribution in [-0.4, -0.2) is 26.6 Å². The number of hydrogen-bond donors (Lipinski definition) is 2. The minimum absolute atomic E-state index is 0.0356. The van der Waals surface area contributed by atoms with Crippen molar-refractivity contribution in [2.45, 2.75) is 4.90 Å². The molecule has 6 nitrogen and oxygen atoms in total. The van der Waals surface area contributed by atoms with Gasteiger partial charge in [0.05, 0.1) is 12.8 Å². The van der Waals surface area contributed by atoms with E-state index < -0.39 is 16.0 Å². The lowest BCUT2D eigenvalue weighted by Gasteiger charge is -2.10. The first kappa shape index (κ1) is 14.4. The van der Waals surface area contributed by atoms with Crippen molar-refractivity contribution in [2.24, 2.45) is 0 Å². The molecule has 0 unspecified atom stereocenters. The van der Waals surface area contributed by atoms with Gasteiger partial charge in [-0.15, -0.1) is 11.3 Å². The fourth-order valence-electron chi connectivity index (χ4n) is 1.60. The Labute approximate surface area is 119 Å². The van der Waals surface area contributed by atoms with Crippen LogP contribution in [0.25, 0.3) is 0 Å². The van der Waals surface area contributed by atoms with Crippen molar-refractivity contribution >= 4 is 33.0 Å². The van der Waals surface area contributed by atoms with Gasteiger partial charge in [0.25, 0.3) is 10.0 Å². The Bertz CT molecular complexity index is 736. The van der Waals surface area contributed by atoms with Gasteiger partial charge in [0.15, 0.2) is 0 Å².